The van der Waals surface area contributed by atoms with Crippen molar-refractivity contribution in [2.75, 3.05) is 13.2 Å². The minimum atomic E-state index is -0.407. The van der Waals surface area contributed by atoms with E-state index >= 15 is 0 Å². The minimum Gasteiger partial charge on any atom is -0.348 e. The molecule has 1 saturated heterocycles. The van der Waals surface area contributed by atoms with Crippen molar-refractivity contribution in [1.82, 2.24) is 5.32 Å². The van der Waals surface area contributed by atoms with E-state index in [0.717, 1.165) is 12.5 Å². The summed E-state index contributed by atoms with van der Waals surface area (Å²) in [7, 11) is 0. The van der Waals surface area contributed by atoms with Crippen LogP contribution in [0.25, 0.3) is 0 Å². The van der Waals surface area contributed by atoms with Crippen LogP contribution in [-0.2, 0) is 9.47 Å². The van der Waals surface area contributed by atoms with E-state index < -0.39 is 5.79 Å². The molecule has 1 unspecified atom stereocenters. The van der Waals surface area contributed by atoms with Gasteiger partial charge >= 0.3 is 0 Å². The fraction of sp³-hybridized carbons (Fsp3) is 0.647. The molecule has 1 aliphatic carbocycles. The minimum absolute atomic E-state index is 0.197. The molecule has 1 heterocycles. The van der Waals surface area contributed by atoms with Crippen LogP contribution in [0.1, 0.15) is 43.7 Å². The van der Waals surface area contributed by atoms with Crippen LogP contribution >= 0.6 is 0 Å². The second kappa shape index (κ2) is 5.47. The number of benzene rings is 1. The monoisotopic (exact) mass is 275 g/mol. The summed E-state index contributed by atoms with van der Waals surface area (Å²) in [6, 6.07) is 9.38. The van der Waals surface area contributed by atoms with E-state index in [1.165, 1.54) is 24.0 Å². The number of rotatable bonds is 4. The van der Waals surface area contributed by atoms with E-state index in [4.69, 9.17) is 9.47 Å². The zero-order valence-electron chi connectivity index (χ0n) is 12.7. The number of hydrogen-bond donors (Lipinski definition) is 1. The maximum Gasteiger partial charge on any atom is 0.163 e. The molecular formula is C17H25NO2. The van der Waals surface area contributed by atoms with Gasteiger partial charge in [-0.1, -0.05) is 24.3 Å². The van der Waals surface area contributed by atoms with Crippen molar-refractivity contribution >= 4 is 0 Å². The van der Waals surface area contributed by atoms with Gasteiger partial charge in [0.2, 0.25) is 0 Å². The van der Waals surface area contributed by atoms with Gasteiger partial charge in [-0.25, -0.2) is 0 Å². The van der Waals surface area contributed by atoms with Gasteiger partial charge in [0.15, 0.2) is 5.79 Å². The summed E-state index contributed by atoms with van der Waals surface area (Å²) in [5, 5.41) is 3.61. The Labute approximate surface area is 121 Å². The van der Waals surface area contributed by atoms with Crippen molar-refractivity contribution < 1.29 is 9.47 Å². The number of aryl methyl sites for hydroxylation is 1. The number of ether oxygens (including phenoxy) is 2. The van der Waals surface area contributed by atoms with E-state index in [-0.39, 0.29) is 6.10 Å². The third kappa shape index (κ3) is 3.05. The molecule has 2 fully saturated rings. The lowest BCUT2D eigenvalue weighted by Crippen LogP contribution is -2.44. The first-order valence-electron chi connectivity index (χ1n) is 7.64. The Balaban J connectivity index is 1.42. The van der Waals surface area contributed by atoms with Gasteiger partial charge < -0.3 is 14.8 Å². The molecule has 0 spiro atoms. The summed E-state index contributed by atoms with van der Waals surface area (Å²) in [4.78, 5) is 0. The molecule has 0 radical (unpaired) electrons. The summed E-state index contributed by atoms with van der Waals surface area (Å²) >= 11 is 0. The highest BCUT2D eigenvalue weighted by molar-refractivity contribution is 5.31. The fourth-order valence-electron chi connectivity index (χ4n) is 3.25. The van der Waals surface area contributed by atoms with Crippen LogP contribution < -0.4 is 5.32 Å². The van der Waals surface area contributed by atoms with E-state index in [2.05, 4.69) is 36.5 Å². The Kier molecular flexibility index (Phi) is 3.85. The van der Waals surface area contributed by atoms with Gasteiger partial charge in [0.25, 0.3) is 0 Å². The normalized spacial score (nSPS) is 32.0. The lowest BCUT2D eigenvalue weighted by Gasteiger charge is -2.37. The summed E-state index contributed by atoms with van der Waals surface area (Å²) in [6.45, 7) is 7.76. The molecule has 2 aliphatic rings. The summed E-state index contributed by atoms with van der Waals surface area (Å²) in [6.07, 6.45) is 2.67. The molecule has 3 heteroatoms. The van der Waals surface area contributed by atoms with Crippen molar-refractivity contribution in [3.63, 3.8) is 0 Å². The predicted octanol–water partition coefficient (Wildman–Crippen LogP) is 2.98. The molecule has 1 aromatic carbocycles. The van der Waals surface area contributed by atoms with Crippen LogP contribution in [0.15, 0.2) is 24.3 Å². The van der Waals surface area contributed by atoms with Crippen LogP contribution in [0, 0.1) is 6.92 Å². The van der Waals surface area contributed by atoms with E-state index in [1.807, 2.05) is 13.8 Å². The first kappa shape index (κ1) is 14.1. The summed E-state index contributed by atoms with van der Waals surface area (Å²) in [5.41, 5.74) is 2.94. The van der Waals surface area contributed by atoms with Crippen molar-refractivity contribution in [2.24, 2.45) is 0 Å². The molecule has 1 N–H and O–H groups in total. The molecule has 3 rings (SSSR count). The molecule has 1 saturated carbocycles. The highest BCUT2D eigenvalue weighted by atomic mass is 16.7. The van der Waals surface area contributed by atoms with E-state index in [0.29, 0.717) is 12.6 Å². The fourth-order valence-corrected chi connectivity index (χ4v) is 3.25. The van der Waals surface area contributed by atoms with Crippen molar-refractivity contribution in [3.8, 4) is 0 Å². The van der Waals surface area contributed by atoms with Gasteiger partial charge in [-0.3, -0.25) is 0 Å². The van der Waals surface area contributed by atoms with Gasteiger partial charge in [0.05, 0.1) is 12.7 Å². The standard InChI is InChI=1S/C17H25NO2/c1-12-6-4-5-7-16(12)13-8-14(9-13)18-10-15-11-19-17(2,3)20-15/h4-7,13-15,18H,8-11H2,1-3H3. The zero-order valence-corrected chi connectivity index (χ0v) is 12.7. The predicted molar refractivity (Wildman–Crippen MR) is 79.8 cm³/mol. The molecule has 0 bridgehead atoms. The van der Waals surface area contributed by atoms with Crippen LogP contribution in [0.5, 0.6) is 0 Å². The molecule has 0 amide bonds. The third-order valence-electron chi connectivity index (χ3n) is 4.47. The highest BCUT2D eigenvalue weighted by Gasteiger charge is 2.35. The van der Waals surface area contributed by atoms with E-state index in [9.17, 15) is 0 Å². The first-order chi connectivity index (χ1) is 9.53. The Hall–Kier alpha value is -0.900. The maximum atomic E-state index is 5.81. The Morgan fingerprint density at radius 1 is 1.25 bits per heavy atom. The summed E-state index contributed by atoms with van der Waals surface area (Å²) < 4.78 is 11.4. The molecular weight excluding hydrogens is 250 g/mol. The second-order valence-corrected chi connectivity index (χ2v) is 6.58. The van der Waals surface area contributed by atoms with Crippen LogP contribution in [0.3, 0.4) is 0 Å². The summed E-state index contributed by atoms with van der Waals surface area (Å²) in [5.74, 6) is 0.321. The molecule has 20 heavy (non-hydrogen) atoms. The van der Waals surface area contributed by atoms with Crippen molar-refractivity contribution in [1.29, 1.82) is 0 Å². The molecule has 110 valence electrons. The molecule has 1 aliphatic heterocycles. The largest absolute Gasteiger partial charge is 0.348 e. The van der Waals surface area contributed by atoms with E-state index in [1.54, 1.807) is 0 Å². The van der Waals surface area contributed by atoms with Crippen LogP contribution in [-0.4, -0.2) is 31.1 Å². The van der Waals surface area contributed by atoms with Gasteiger partial charge in [0.1, 0.15) is 0 Å². The molecule has 1 aromatic rings. The van der Waals surface area contributed by atoms with Gasteiger partial charge in [-0.2, -0.15) is 0 Å². The quantitative estimate of drug-likeness (QED) is 0.916. The molecule has 0 aromatic heterocycles. The second-order valence-electron chi connectivity index (χ2n) is 6.58. The van der Waals surface area contributed by atoms with Gasteiger partial charge in [-0.15, -0.1) is 0 Å². The SMILES string of the molecule is Cc1ccccc1C1CC(NCC2COC(C)(C)O2)C1. The Morgan fingerprint density at radius 3 is 2.65 bits per heavy atom. The van der Waals surface area contributed by atoms with Gasteiger partial charge in [-0.05, 0) is 50.7 Å². The zero-order chi connectivity index (χ0) is 14.2. The molecule has 1 atom stereocenters. The average Bonchev–Trinajstić information content (AvgIpc) is 2.69. The third-order valence-corrected chi connectivity index (χ3v) is 4.47. The maximum absolute atomic E-state index is 5.81. The average molecular weight is 275 g/mol. The lowest BCUT2D eigenvalue weighted by molar-refractivity contribution is -0.138. The van der Waals surface area contributed by atoms with Crippen LogP contribution in [0.4, 0.5) is 0 Å². The molecule has 3 nitrogen and oxygen atoms in total. The topological polar surface area (TPSA) is 30.5 Å². The first-order valence-corrected chi connectivity index (χ1v) is 7.64. The Morgan fingerprint density at radius 2 is 2.00 bits per heavy atom. The number of hydrogen-bond acceptors (Lipinski definition) is 3. The Bertz CT molecular complexity index is 466. The van der Waals surface area contributed by atoms with Crippen molar-refractivity contribution in [2.45, 2.75) is 57.5 Å². The van der Waals surface area contributed by atoms with Crippen molar-refractivity contribution in [3.05, 3.63) is 35.4 Å². The lowest BCUT2D eigenvalue weighted by atomic mass is 9.74. The smallest absolute Gasteiger partial charge is 0.163 e. The highest BCUT2D eigenvalue weighted by Crippen LogP contribution is 2.38. The van der Waals surface area contributed by atoms with Crippen LogP contribution in [0.2, 0.25) is 0 Å². The number of nitrogens with one attached hydrogen (secondary N) is 1. The van der Waals surface area contributed by atoms with Gasteiger partial charge in [0, 0.05) is 12.6 Å².